The summed E-state index contributed by atoms with van der Waals surface area (Å²) in [4.78, 5) is 17.7. The molecule has 3 aromatic carbocycles. The molecule has 0 saturated heterocycles. The van der Waals surface area contributed by atoms with E-state index in [1.54, 1.807) is 36.5 Å². The van der Waals surface area contributed by atoms with E-state index in [1.165, 1.54) is 16.9 Å². The first kappa shape index (κ1) is 22.5. The van der Waals surface area contributed by atoms with Crippen LogP contribution in [0.5, 0.6) is 0 Å². The molecule has 0 amide bonds. The first-order valence-electron chi connectivity index (χ1n) is 10.3. The van der Waals surface area contributed by atoms with Crippen molar-refractivity contribution in [1.29, 1.82) is 5.26 Å². The van der Waals surface area contributed by atoms with Gasteiger partial charge < -0.3 is 5.32 Å². The lowest BCUT2D eigenvalue weighted by Crippen LogP contribution is -2.05. The van der Waals surface area contributed by atoms with E-state index in [-0.39, 0.29) is 5.78 Å². The molecular weight excluding hydrogens is 450 g/mol. The number of nitrogens with zero attached hydrogens (tertiary/aromatic N) is 2. The molecule has 0 atom stereocenters. The standard InChI is InChI=1S/C27H20ClN3OS/c1-17-8-10-22(18(2)12-17)25-16-33-27(31-25)20(14-29)15-30-24-11-9-21(28)13-23(24)26(32)19-6-4-3-5-7-19/h3-13,15-16,30H,1-2H3. The van der Waals surface area contributed by atoms with E-state index in [4.69, 9.17) is 11.6 Å². The lowest BCUT2D eigenvalue weighted by molar-refractivity contribution is 0.103. The molecule has 0 aliphatic carbocycles. The monoisotopic (exact) mass is 469 g/mol. The summed E-state index contributed by atoms with van der Waals surface area (Å²) in [5.41, 5.74) is 6.14. The van der Waals surface area contributed by atoms with Crippen LogP contribution in [-0.2, 0) is 0 Å². The van der Waals surface area contributed by atoms with Crippen LogP contribution in [0.4, 0.5) is 5.69 Å². The largest absolute Gasteiger partial charge is 0.360 e. The van der Waals surface area contributed by atoms with Gasteiger partial charge in [0.15, 0.2) is 5.78 Å². The van der Waals surface area contributed by atoms with Gasteiger partial charge in [0.2, 0.25) is 0 Å². The molecule has 0 aliphatic heterocycles. The quantitative estimate of drug-likeness (QED) is 0.238. The molecule has 4 rings (SSSR count). The van der Waals surface area contributed by atoms with Gasteiger partial charge in [0, 0.05) is 39.0 Å². The summed E-state index contributed by atoms with van der Waals surface area (Å²) >= 11 is 7.57. The van der Waals surface area contributed by atoms with E-state index < -0.39 is 0 Å². The molecule has 1 N–H and O–H groups in total. The van der Waals surface area contributed by atoms with Crippen molar-refractivity contribution in [3.63, 3.8) is 0 Å². The van der Waals surface area contributed by atoms with Gasteiger partial charge in [-0.3, -0.25) is 4.79 Å². The predicted octanol–water partition coefficient (Wildman–Crippen LogP) is 7.29. The summed E-state index contributed by atoms with van der Waals surface area (Å²) < 4.78 is 0. The molecule has 6 heteroatoms. The molecule has 0 aliphatic rings. The van der Waals surface area contributed by atoms with Gasteiger partial charge >= 0.3 is 0 Å². The van der Waals surface area contributed by atoms with Crippen LogP contribution in [0.1, 0.15) is 32.1 Å². The van der Waals surface area contributed by atoms with Gasteiger partial charge in [-0.25, -0.2) is 4.98 Å². The number of rotatable bonds is 6. The van der Waals surface area contributed by atoms with Crippen LogP contribution < -0.4 is 5.32 Å². The number of aromatic nitrogens is 1. The third kappa shape index (κ3) is 5.04. The van der Waals surface area contributed by atoms with Crippen LogP contribution >= 0.6 is 22.9 Å². The molecule has 33 heavy (non-hydrogen) atoms. The zero-order chi connectivity index (χ0) is 23.4. The zero-order valence-corrected chi connectivity index (χ0v) is 19.7. The normalized spacial score (nSPS) is 11.2. The Morgan fingerprint density at radius 1 is 1.09 bits per heavy atom. The number of carbonyl (C=O) groups is 1. The molecule has 1 heterocycles. The molecular formula is C27H20ClN3OS. The van der Waals surface area contributed by atoms with Gasteiger partial charge in [0.1, 0.15) is 16.6 Å². The van der Waals surface area contributed by atoms with Crippen LogP contribution in [0.25, 0.3) is 16.8 Å². The minimum atomic E-state index is -0.154. The number of thiazole rings is 1. The van der Waals surface area contributed by atoms with Crippen molar-refractivity contribution in [2.24, 2.45) is 0 Å². The van der Waals surface area contributed by atoms with Crippen LogP contribution in [-0.4, -0.2) is 10.8 Å². The third-order valence-corrected chi connectivity index (χ3v) is 6.26. The maximum atomic E-state index is 13.0. The summed E-state index contributed by atoms with van der Waals surface area (Å²) in [5, 5.41) is 15.9. The van der Waals surface area contributed by atoms with Crippen molar-refractivity contribution in [2.75, 3.05) is 5.32 Å². The first-order valence-corrected chi connectivity index (χ1v) is 11.5. The van der Waals surface area contributed by atoms with Gasteiger partial charge in [-0.2, -0.15) is 5.26 Å². The molecule has 162 valence electrons. The summed E-state index contributed by atoms with van der Waals surface area (Å²) in [5.74, 6) is -0.154. The Balaban J connectivity index is 1.63. The second kappa shape index (κ2) is 9.83. The topological polar surface area (TPSA) is 65.8 Å². The van der Waals surface area contributed by atoms with Crippen LogP contribution in [0.15, 0.2) is 78.3 Å². The fourth-order valence-corrected chi connectivity index (χ4v) is 4.45. The number of nitriles is 1. The molecule has 1 aromatic heterocycles. The highest BCUT2D eigenvalue weighted by atomic mass is 35.5. The summed E-state index contributed by atoms with van der Waals surface area (Å²) in [7, 11) is 0. The van der Waals surface area contributed by atoms with Crippen molar-refractivity contribution in [1.82, 2.24) is 4.98 Å². The zero-order valence-electron chi connectivity index (χ0n) is 18.1. The Bertz CT molecular complexity index is 1400. The van der Waals surface area contributed by atoms with E-state index >= 15 is 0 Å². The SMILES string of the molecule is Cc1ccc(-c2csc(C(C#N)=CNc3ccc(Cl)cc3C(=O)c3ccccc3)n2)c(C)c1. The average Bonchev–Trinajstić information content (AvgIpc) is 3.30. The van der Waals surface area contributed by atoms with E-state index in [0.29, 0.717) is 32.4 Å². The van der Waals surface area contributed by atoms with E-state index in [0.717, 1.165) is 16.8 Å². The average molecular weight is 470 g/mol. The van der Waals surface area contributed by atoms with E-state index in [1.807, 2.05) is 29.6 Å². The number of ketones is 1. The third-order valence-electron chi connectivity index (χ3n) is 5.15. The maximum Gasteiger partial charge on any atom is 0.195 e. The van der Waals surface area contributed by atoms with Crippen LogP contribution in [0.2, 0.25) is 5.02 Å². The lowest BCUT2D eigenvalue weighted by Gasteiger charge is -2.10. The number of anilines is 1. The number of nitrogens with one attached hydrogen (secondary N) is 1. The van der Waals surface area contributed by atoms with Crippen LogP contribution in [0, 0.1) is 25.2 Å². The van der Waals surface area contributed by atoms with Crippen molar-refractivity contribution < 1.29 is 4.79 Å². The Labute approximate surface area is 201 Å². The highest BCUT2D eigenvalue weighted by molar-refractivity contribution is 7.11. The van der Waals surface area contributed by atoms with Gasteiger partial charge in [0.05, 0.1) is 5.69 Å². The second-order valence-electron chi connectivity index (χ2n) is 7.56. The van der Waals surface area contributed by atoms with Crippen LogP contribution in [0.3, 0.4) is 0 Å². The number of hydrogen-bond donors (Lipinski definition) is 1. The molecule has 0 radical (unpaired) electrons. The Morgan fingerprint density at radius 3 is 2.61 bits per heavy atom. The van der Waals surface area contributed by atoms with Crippen molar-refractivity contribution in [3.8, 4) is 17.3 Å². The van der Waals surface area contributed by atoms with Gasteiger partial charge in [0.25, 0.3) is 0 Å². The molecule has 0 unspecified atom stereocenters. The van der Waals surface area contributed by atoms with Crippen molar-refractivity contribution >= 4 is 40.0 Å². The Kier molecular flexibility index (Phi) is 6.69. The van der Waals surface area contributed by atoms with Gasteiger partial charge in [-0.05, 0) is 37.6 Å². The molecule has 0 bridgehead atoms. The Hall–Kier alpha value is -3.72. The summed E-state index contributed by atoms with van der Waals surface area (Å²) in [6, 6.07) is 22.5. The minimum Gasteiger partial charge on any atom is -0.360 e. The lowest BCUT2D eigenvalue weighted by atomic mass is 10.0. The highest BCUT2D eigenvalue weighted by Crippen LogP contribution is 2.29. The maximum absolute atomic E-state index is 13.0. The number of halogens is 1. The summed E-state index contributed by atoms with van der Waals surface area (Å²) in [6.45, 7) is 4.11. The van der Waals surface area contributed by atoms with Gasteiger partial charge in [-0.1, -0.05) is 65.7 Å². The minimum absolute atomic E-state index is 0.154. The fourth-order valence-electron chi connectivity index (χ4n) is 3.49. The number of allylic oxidation sites excluding steroid dienone is 1. The number of carbonyl (C=O) groups excluding carboxylic acids is 1. The highest BCUT2D eigenvalue weighted by Gasteiger charge is 2.15. The number of benzene rings is 3. The Morgan fingerprint density at radius 2 is 1.88 bits per heavy atom. The molecule has 4 aromatic rings. The van der Waals surface area contributed by atoms with E-state index in [9.17, 15) is 10.1 Å². The van der Waals surface area contributed by atoms with E-state index in [2.05, 4.69) is 42.4 Å². The van der Waals surface area contributed by atoms with Crippen molar-refractivity contribution in [3.05, 3.63) is 111 Å². The molecule has 0 fully saturated rings. The predicted molar refractivity (Wildman–Crippen MR) is 136 cm³/mol. The molecule has 4 nitrogen and oxygen atoms in total. The summed E-state index contributed by atoms with van der Waals surface area (Å²) in [6.07, 6.45) is 1.58. The molecule has 0 spiro atoms. The molecule has 0 saturated carbocycles. The second-order valence-corrected chi connectivity index (χ2v) is 8.85. The number of hydrogen-bond acceptors (Lipinski definition) is 5. The van der Waals surface area contributed by atoms with Gasteiger partial charge in [-0.15, -0.1) is 11.3 Å². The number of aryl methyl sites for hydroxylation is 2. The smallest absolute Gasteiger partial charge is 0.195 e. The van der Waals surface area contributed by atoms with Crippen molar-refractivity contribution in [2.45, 2.75) is 13.8 Å². The fraction of sp³-hybridized carbons (Fsp3) is 0.0741. The first-order chi connectivity index (χ1) is 16.0.